The summed E-state index contributed by atoms with van der Waals surface area (Å²) >= 11 is 9.12. The number of phenols is 1. The SMILES string of the molecule is Cc1ccc(C)n1-c1ccc(OCc2ccc(C(=O)N/N=C/c3cc(Cl)c(O)c(Br)c3)o2)cc1. The highest BCUT2D eigenvalue weighted by Crippen LogP contribution is 2.32. The molecule has 174 valence electrons. The number of amides is 1. The zero-order chi connectivity index (χ0) is 24.2. The predicted octanol–water partition coefficient (Wildman–Crippen LogP) is 6.15. The molecule has 0 atom stereocenters. The van der Waals surface area contributed by atoms with Gasteiger partial charge in [0.1, 0.15) is 23.9 Å². The van der Waals surface area contributed by atoms with Crippen molar-refractivity contribution in [1.29, 1.82) is 0 Å². The molecule has 4 rings (SSSR count). The Hall–Kier alpha value is -3.49. The van der Waals surface area contributed by atoms with Crippen LogP contribution in [-0.2, 0) is 6.61 Å². The summed E-state index contributed by atoms with van der Waals surface area (Å²) in [6.45, 7) is 4.31. The number of phenolic OH excluding ortho intramolecular Hbond substituents is 1. The van der Waals surface area contributed by atoms with Crippen LogP contribution in [0.4, 0.5) is 0 Å². The number of nitrogens with zero attached hydrogens (tertiary/aromatic N) is 2. The van der Waals surface area contributed by atoms with Gasteiger partial charge in [-0.05, 0) is 96.0 Å². The summed E-state index contributed by atoms with van der Waals surface area (Å²) in [6.07, 6.45) is 1.40. The molecule has 2 heterocycles. The van der Waals surface area contributed by atoms with E-state index < -0.39 is 5.91 Å². The van der Waals surface area contributed by atoms with Crippen LogP contribution in [0.2, 0.25) is 5.02 Å². The van der Waals surface area contributed by atoms with E-state index in [1.165, 1.54) is 12.3 Å². The normalized spacial score (nSPS) is 11.2. The second kappa shape index (κ2) is 10.2. The number of furan rings is 1. The summed E-state index contributed by atoms with van der Waals surface area (Å²) in [7, 11) is 0. The number of benzene rings is 2. The lowest BCUT2D eigenvalue weighted by atomic mass is 10.2. The van der Waals surface area contributed by atoms with Crippen LogP contribution < -0.4 is 10.2 Å². The number of rotatable bonds is 7. The van der Waals surface area contributed by atoms with Crippen molar-refractivity contribution in [2.45, 2.75) is 20.5 Å². The van der Waals surface area contributed by atoms with E-state index in [0.29, 0.717) is 21.5 Å². The second-order valence-corrected chi connectivity index (χ2v) is 8.79. The molecule has 9 heteroatoms. The molecule has 0 bridgehead atoms. The Morgan fingerprint density at radius 3 is 2.53 bits per heavy atom. The Bertz CT molecular complexity index is 1320. The molecule has 0 spiro atoms. The van der Waals surface area contributed by atoms with E-state index >= 15 is 0 Å². The molecule has 0 radical (unpaired) electrons. The van der Waals surface area contributed by atoms with Crippen molar-refractivity contribution >= 4 is 39.7 Å². The minimum atomic E-state index is -0.506. The predicted molar refractivity (Wildman–Crippen MR) is 134 cm³/mol. The number of aromatic hydroxyl groups is 1. The Labute approximate surface area is 209 Å². The first-order chi connectivity index (χ1) is 16.3. The van der Waals surface area contributed by atoms with Crippen molar-refractivity contribution in [3.05, 3.63) is 98.6 Å². The van der Waals surface area contributed by atoms with E-state index in [9.17, 15) is 9.90 Å². The highest BCUT2D eigenvalue weighted by Gasteiger charge is 2.11. The summed E-state index contributed by atoms with van der Waals surface area (Å²) in [5.74, 6) is 0.736. The molecule has 0 aliphatic heterocycles. The first-order valence-corrected chi connectivity index (χ1v) is 11.5. The van der Waals surface area contributed by atoms with Crippen LogP contribution in [0.1, 0.15) is 33.3 Å². The van der Waals surface area contributed by atoms with Crippen LogP contribution in [0.25, 0.3) is 5.69 Å². The smallest absolute Gasteiger partial charge is 0.307 e. The van der Waals surface area contributed by atoms with Gasteiger partial charge < -0.3 is 18.8 Å². The van der Waals surface area contributed by atoms with Gasteiger partial charge in [-0.2, -0.15) is 5.10 Å². The minimum Gasteiger partial charge on any atom is -0.505 e. The van der Waals surface area contributed by atoms with Gasteiger partial charge in [-0.25, -0.2) is 5.43 Å². The number of hydrazone groups is 1. The highest BCUT2D eigenvalue weighted by molar-refractivity contribution is 9.10. The molecule has 0 aliphatic carbocycles. The van der Waals surface area contributed by atoms with Gasteiger partial charge >= 0.3 is 5.91 Å². The first kappa shape index (κ1) is 23.7. The van der Waals surface area contributed by atoms with Crippen molar-refractivity contribution in [2.24, 2.45) is 5.10 Å². The molecule has 0 fully saturated rings. The van der Waals surface area contributed by atoms with Crippen molar-refractivity contribution in [3.63, 3.8) is 0 Å². The van der Waals surface area contributed by atoms with E-state index in [1.807, 2.05) is 24.3 Å². The molecule has 2 N–H and O–H groups in total. The maximum absolute atomic E-state index is 12.3. The lowest BCUT2D eigenvalue weighted by Crippen LogP contribution is -2.16. The molecule has 2 aromatic heterocycles. The number of nitrogens with one attached hydrogen (secondary N) is 1. The summed E-state index contributed by atoms with van der Waals surface area (Å²) in [6, 6.07) is 18.3. The molecule has 0 saturated heterocycles. The summed E-state index contributed by atoms with van der Waals surface area (Å²) in [4.78, 5) is 12.3. The van der Waals surface area contributed by atoms with Crippen molar-refractivity contribution in [2.75, 3.05) is 0 Å². The number of halogens is 2. The maximum Gasteiger partial charge on any atom is 0.307 e. The summed E-state index contributed by atoms with van der Waals surface area (Å²) < 4.78 is 13.9. The fraction of sp³-hybridized carbons (Fsp3) is 0.120. The van der Waals surface area contributed by atoms with E-state index in [0.717, 1.165) is 17.1 Å². The quantitative estimate of drug-likeness (QED) is 0.216. The third kappa shape index (κ3) is 5.35. The molecule has 0 unspecified atom stereocenters. The number of carbonyl (C=O) groups excluding carboxylic acids is 1. The van der Waals surface area contributed by atoms with Gasteiger partial charge in [0.25, 0.3) is 0 Å². The lowest BCUT2D eigenvalue weighted by Gasteiger charge is -2.10. The highest BCUT2D eigenvalue weighted by atomic mass is 79.9. The third-order valence-corrected chi connectivity index (χ3v) is 5.94. The molecule has 4 aromatic rings. The van der Waals surface area contributed by atoms with Crippen LogP contribution in [0, 0.1) is 13.8 Å². The maximum atomic E-state index is 12.3. The molecule has 7 nitrogen and oxygen atoms in total. The molecular formula is C25H21BrClN3O4. The molecule has 34 heavy (non-hydrogen) atoms. The van der Waals surface area contributed by atoms with Crippen LogP contribution >= 0.6 is 27.5 Å². The second-order valence-electron chi connectivity index (χ2n) is 7.53. The van der Waals surface area contributed by atoms with E-state index in [-0.39, 0.29) is 23.1 Å². The molecule has 0 saturated carbocycles. The van der Waals surface area contributed by atoms with Gasteiger partial charge in [0.15, 0.2) is 5.76 Å². The van der Waals surface area contributed by atoms with Crippen LogP contribution in [0.3, 0.4) is 0 Å². The Balaban J connectivity index is 1.32. The number of carbonyl (C=O) groups is 1. The van der Waals surface area contributed by atoms with Crippen LogP contribution in [0.5, 0.6) is 11.5 Å². The van der Waals surface area contributed by atoms with Crippen LogP contribution in [-0.4, -0.2) is 21.8 Å². The number of aromatic nitrogens is 1. The van der Waals surface area contributed by atoms with E-state index in [4.69, 9.17) is 20.8 Å². The van der Waals surface area contributed by atoms with Gasteiger partial charge in [-0.15, -0.1) is 0 Å². The fourth-order valence-electron chi connectivity index (χ4n) is 3.38. The third-order valence-electron chi connectivity index (χ3n) is 5.05. The zero-order valence-corrected chi connectivity index (χ0v) is 20.7. The summed E-state index contributed by atoms with van der Waals surface area (Å²) in [5, 5.41) is 13.7. The Morgan fingerprint density at radius 2 is 1.85 bits per heavy atom. The number of ether oxygens (including phenoxy) is 1. The number of hydrogen-bond acceptors (Lipinski definition) is 5. The van der Waals surface area contributed by atoms with Gasteiger partial charge in [-0.1, -0.05) is 11.6 Å². The monoisotopic (exact) mass is 541 g/mol. The fourth-order valence-corrected chi connectivity index (χ4v) is 4.20. The Morgan fingerprint density at radius 1 is 1.15 bits per heavy atom. The topological polar surface area (TPSA) is 89.0 Å². The largest absolute Gasteiger partial charge is 0.505 e. The summed E-state index contributed by atoms with van der Waals surface area (Å²) in [5.41, 5.74) is 6.37. The first-order valence-electron chi connectivity index (χ1n) is 10.3. The van der Waals surface area contributed by atoms with Gasteiger partial charge in [0.05, 0.1) is 15.7 Å². The minimum absolute atomic E-state index is 0.0600. The van der Waals surface area contributed by atoms with E-state index in [2.05, 4.69) is 57.0 Å². The number of aryl methyl sites for hydroxylation is 2. The lowest BCUT2D eigenvalue weighted by molar-refractivity contribution is 0.0923. The number of hydrogen-bond donors (Lipinski definition) is 2. The van der Waals surface area contributed by atoms with Gasteiger partial charge in [0, 0.05) is 17.1 Å². The standard InChI is InChI=1S/C25H21BrClN3O4/c1-15-3-4-16(2)30(15)18-5-7-19(8-6-18)33-14-20-9-10-23(34-20)25(32)29-28-13-17-11-21(26)24(31)22(27)12-17/h3-13,31H,14H2,1-2H3,(H,29,32)/b28-13+. The molecular weight excluding hydrogens is 522 g/mol. The zero-order valence-electron chi connectivity index (χ0n) is 18.4. The van der Waals surface area contributed by atoms with Crippen molar-refractivity contribution in [3.8, 4) is 17.2 Å². The van der Waals surface area contributed by atoms with Gasteiger partial charge in [0.2, 0.25) is 0 Å². The molecule has 0 aliphatic rings. The molecule has 2 aromatic carbocycles. The van der Waals surface area contributed by atoms with Crippen LogP contribution in [0.15, 0.2) is 74.7 Å². The van der Waals surface area contributed by atoms with Gasteiger partial charge in [-0.3, -0.25) is 4.79 Å². The van der Waals surface area contributed by atoms with Crippen molar-refractivity contribution in [1.82, 2.24) is 9.99 Å². The average Bonchev–Trinajstić information content (AvgIpc) is 3.43. The Kier molecular flexibility index (Phi) is 7.09. The van der Waals surface area contributed by atoms with Crippen molar-refractivity contribution < 1.29 is 19.1 Å². The molecule has 1 amide bonds. The van der Waals surface area contributed by atoms with E-state index in [1.54, 1.807) is 18.2 Å². The average molecular weight is 543 g/mol.